The van der Waals surface area contributed by atoms with Gasteiger partial charge in [-0.1, -0.05) is 30.4 Å². The molecule has 0 atom stereocenters. The van der Waals surface area contributed by atoms with Crippen LogP contribution in [0.3, 0.4) is 0 Å². The zero-order valence-corrected chi connectivity index (χ0v) is 16.2. The van der Waals surface area contributed by atoms with Crippen molar-refractivity contribution in [3.8, 4) is 0 Å². The fourth-order valence-electron chi connectivity index (χ4n) is 3.37. The van der Waals surface area contributed by atoms with Gasteiger partial charge < -0.3 is 13.9 Å². The van der Waals surface area contributed by atoms with Gasteiger partial charge in [0.2, 0.25) is 0 Å². The molecule has 2 heterocycles. The van der Waals surface area contributed by atoms with Crippen LogP contribution in [0.4, 0.5) is 0 Å². The topological polar surface area (TPSA) is 23.4 Å². The van der Waals surface area contributed by atoms with E-state index in [0.29, 0.717) is 0 Å². The lowest BCUT2D eigenvalue weighted by Crippen LogP contribution is -2.41. The highest BCUT2D eigenvalue weighted by molar-refractivity contribution is 6.62. The van der Waals surface area contributed by atoms with E-state index >= 15 is 0 Å². The highest BCUT2D eigenvalue weighted by Crippen LogP contribution is 2.36. The Hall–Kier alpha value is -1.78. The lowest BCUT2D eigenvalue weighted by atomic mass is 9.79. The standard InChI is InChI=1S/C21H28BNO2/c1-8-10-11-18-16(9-2)17-13-12-15(14-19(17)23(18)7)22-24-20(3,4)21(5,6)25-22/h8-9,11-14H,1,10H2,2-7H3/b16-9-,18-11+. The van der Waals surface area contributed by atoms with E-state index in [-0.39, 0.29) is 18.3 Å². The first-order valence-electron chi connectivity index (χ1n) is 8.93. The normalized spacial score (nSPS) is 20.6. The number of aromatic nitrogens is 1. The molecule has 4 heteroatoms. The molecule has 1 aliphatic heterocycles. The maximum atomic E-state index is 6.21. The van der Waals surface area contributed by atoms with Gasteiger partial charge in [-0.15, -0.1) is 6.58 Å². The molecule has 132 valence electrons. The summed E-state index contributed by atoms with van der Waals surface area (Å²) in [5.41, 5.74) is 1.60. The molecule has 2 aromatic rings. The SMILES string of the molecule is C=CC/C=c1\c(=C/C)c2ccc(B3OC(C)(C)C(C)(C)O3)cc2n1C. The van der Waals surface area contributed by atoms with Crippen molar-refractivity contribution >= 4 is 35.6 Å². The first-order valence-corrected chi connectivity index (χ1v) is 8.93. The van der Waals surface area contributed by atoms with Crippen LogP contribution in [0, 0.1) is 0 Å². The Morgan fingerprint density at radius 2 is 1.80 bits per heavy atom. The van der Waals surface area contributed by atoms with Crippen molar-refractivity contribution in [2.75, 3.05) is 0 Å². The first-order chi connectivity index (χ1) is 11.7. The van der Waals surface area contributed by atoms with Crippen molar-refractivity contribution in [3.63, 3.8) is 0 Å². The summed E-state index contributed by atoms with van der Waals surface area (Å²) in [6.07, 6.45) is 7.17. The number of hydrogen-bond donors (Lipinski definition) is 0. The minimum absolute atomic E-state index is 0.327. The lowest BCUT2D eigenvalue weighted by molar-refractivity contribution is 0.00578. The Kier molecular flexibility index (Phi) is 4.46. The summed E-state index contributed by atoms with van der Waals surface area (Å²) in [5, 5.41) is 3.74. The van der Waals surface area contributed by atoms with Crippen LogP contribution in [0.15, 0.2) is 30.9 Å². The number of rotatable bonds is 3. The average Bonchev–Trinajstić information content (AvgIpc) is 2.95. The molecule has 0 unspecified atom stereocenters. The second-order valence-electron chi connectivity index (χ2n) is 7.74. The number of allylic oxidation sites excluding steroid dienone is 1. The second kappa shape index (κ2) is 6.19. The predicted molar refractivity (Wildman–Crippen MR) is 107 cm³/mol. The fraction of sp³-hybridized carbons (Fsp3) is 0.429. The Morgan fingerprint density at radius 1 is 1.16 bits per heavy atom. The van der Waals surface area contributed by atoms with Crippen molar-refractivity contribution in [3.05, 3.63) is 41.4 Å². The maximum absolute atomic E-state index is 6.21. The van der Waals surface area contributed by atoms with Gasteiger partial charge in [0.05, 0.1) is 11.2 Å². The smallest absolute Gasteiger partial charge is 0.399 e. The van der Waals surface area contributed by atoms with Crippen LogP contribution in [0.1, 0.15) is 41.0 Å². The number of hydrogen-bond acceptors (Lipinski definition) is 2. The van der Waals surface area contributed by atoms with E-state index in [1.807, 2.05) is 6.08 Å². The van der Waals surface area contributed by atoms with Gasteiger partial charge in [-0.3, -0.25) is 0 Å². The molecule has 0 spiro atoms. The molecule has 0 aliphatic carbocycles. The lowest BCUT2D eigenvalue weighted by Gasteiger charge is -2.32. The molecule has 1 aromatic carbocycles. The van der Waals surface area contributed by atoms with Crippen molar-refractivity contribution in [2.45, 2.75) is 52.2 Å². The highest BCUT2D eigenvalue weighted by atomic mass is 16.7. The molecule has 1 fully saturated rings. The van der Waals surface area contributed by atoms with Gasteiger partial charge in [0.25, 0.3) is 0 Å². The quantitative estimate of drug-likeness (QED) is 0.635. The molecular weight excluding hydrogens is 309 g/mol. The molecule has 1 saturated heterocycles. The zero-order chi connectivity index (χ0) is 18.4. The van der Waals surface area contributed by atoms with Gasteiger partial charge in [0, 0.05) is 28.5 Å². The largest absolute Gasteiger partial charge is 0.494 e. The summed E-state index contributed by atoms with van der Waals surface area (Å²) in [4.78, 5) is 0. The van der Waals surface area contributed by atoms with Crippen LogP contribution in [0.2, 0.25) is 0 Å². The van der Waals surface area contributed by atoms with E-state index < -0.39 is 0 Å². The third-order valence-corrected chi connectivity index (χ3v) is 5.60. The molecule has 1 aromatic heterocycles. The van der Waals surface area contributed by atoms with E-state index in [2.05, 4.69) is 83.2 Å². The summed E-state index contributed by atoms with van der Waals surface area (Å²) in [6.45, 7) is 14.2. The molecule has 3 nitrogen and oxygen atoms in total. The number of fused-ring (bicyclic) bond motifs is 1. The summed E-state index contributed by atoms with van der Waals surface area (Å²) < 4.78 is 14.7. The van der Waals surface area contributed by atoms with Gasteiger partial charge in [-0.2, -0.15) is 0 Å². The Morgan fingerprint density at radius 3 is 2.36 bits per heavy atom. The first kappa shape index (κ1) is 18.0. The van der Waals surface area contributed by atoms with Gasteiger partial charge in [-0.05, 0) is 52.6 Å². The van der Waals surface area contributed by atoms with Crippen LogP contribution in [-0.4, -0.2) is 22.9 Å². The average molecular weight is 337 g/mol. The number of nitrogens with zero attached hydrogens (tertiary/aromatic N) is 1. The molecular formula is C21H28BNO2. The zero-order valence-electron chi connectivity index (χ0n) is 16.2. The van der Waals surface area contributed by atoms with E-state index in [1.165, 1.54) is 21.5 Å². The third kappa shape index (κ3) is 2.88. The van der Waals surface area contributed by atoms with Crippen LogP contribution in [-0.2, 0) is 16.4 Å². The molecule has 0 bridgehead atoms. The van der Waals surface area contributed by atoms with E-state index in [4.69, 9.17) is 9.31 Å². The molecule has 0 amide bonds. The number of benzene rings is 1. The Labute approximate surface area is 150 Å². The number of aryl methyl sites for hydroxylation is 1. The Balaban J connectivity index is 2.14. The molecule has 0 radical (unpaired) electrons. The maximum Gasteiger partial charge on any atom is 0.494 e. The molecule has 0 saturated carbocycles. The third-order valence-electron chi connectivity index (χ3n) is 5.60. The molecule has 25 heavy (non-hydrogen) atoms. The van der Waals surface area contributed by atoms with Crippen molar-refractivity contribution in [1.82, 2.24) is 4.57 Å². The molecule has 0 N–H and O–H groups in total. The van der Waals surface area contributed by atoms with Crippen molar-refractivity contribution in [1.29, 1.82) is 0 Å². The van der Waals surface area contributed by atoms with E-state index in [9.17, 15) is 0 Å². The summed E-state index contributed by atoms with van der Waals surface area (Å²) in [7, 11) is 1.78. The van der Waals surface area contributed by atoms with Gasteiger partial charge in [0.15, 0.2) is 0 Å². The van der Waals surface area contributed by atoms with E-state index in [0.717, 1.165) is 11.9 Å². The molecule has 3 rings (SSSR count). The summed E-state index contributed by atoms with van der Waals surface area (Å²) in [6, 6.07) is 6.49. The predicted octanol–water partition coefficient (Wildman–Crippen LogP) is 2.63. The van der Waals surface area contributed by atoms with E-state index in [1.54, 1.807) is 0 Å². The monoisotopic (exact) mass is 337 g/mol. The fourth-order valence-corrected chi connectivity index (χ4v) is 3.37. The van der Waals surface area contributed by atoms with Crippen molar-refractivity contribution in [2.24, 2.45) is 7.05 Å². The summed E-state index contributed by atoms with van der Waals surface area (Å²) >= 11 is 0. The van der Waals surface area contributed by atoms with Gasteiger partial charge >= 0.3 is 7.12 Å². The van der Waals surface area contributed by atoms with Crippen LogP contribution in [0.25, 0.3) is 23.1 Å². The van der Waals surface area contributed by atoms with Crippen molar-refractivity contribution < 1.29 is 9.31 Å². The summed E-state index contributed by atoms with van der Waals surface area (Å²) in [5.74, 6) is 0. The van der Waals surface area contributed by atoms with Crippen LogP contribution in [0.5, 0.6) is 0 Å². The van der Waals surface area contributed by atoms with Crippen LogP contribution < -0.4 is 16.0 Å². The Bertz CT molecular complexity index is 921. The minimum atomic E-state index is -0.334. The van der Waals surface area contributed by atoms with Crippen LogP contribution >= 0.6 is 0 Å². The highest BCUT2D eigenvalue weighted by Gasteiger charge is 2.51. The second-order valence-corrected chi connectivity index (χ2v) is 7.74. The van der Waals surface area contributed by atoms with Gasteiger partial charge in [0.1, 0.15) is 0 Å². The minimum Gasteiger partial charge on any atom is -0.399 e. The molecule has 1 aliphatic rings. The van der Waals surface area contributed by atoms with Gasteiger partial charge in [-0.25, -0.2) is 0 Å².